The number of alkyl carbamates (subject to hydrolysis) is 1. The molecule has 4 atom stereocenters. The molecule has 2 bridgehead atoms. The maximum Gasteiger partial charge on any atom is 0.407 e. The highest BCUT2D eigenvalue weighted by molar-refractivity contribution is 7.92. The van der Waals surface area contributed by atoms with E-state index in [1.54, 1.807) is 0 Å². The van der Waals surface area contributed by atoms with Gasteiger partial charge in [0.25, 0.3) is 5.91 Å². The number of amides is 2. The second-order valence-electron chi connectivity index (χ2n) is 8.82. The van der Waals surface area contributed by atoms with Crippen LogP contribution in [-0.2, 0) is 14.6 Å². The topological polar surface area (TPSA) is 102 Å². The Kier molecular flexibility index (Phi) is 5.32. The number of rotatable bonds is 4. The van der Waals surface area contributed by atoms with E-state index in [1.807, 2.05) is 0 Å². The van der Waals surface area contributed by atoms with Crippen molar-refractivity contribution in [3.8, 4) is 0 Å². The van der Waals surface area contributed by atoms with Crippen LogP contribution in [0.5, 0.6) is 0 Å². The number of hydrogen-bond acceptors (Lipinski definition) is 5. The predicted molar refractivity (Wildman–Crippen MR) is 115 cm³/mol. The second-order valence-corrected chi connectivity index (χ2v) is 11.3. The van der Waals surface area contributed by atoms with Crippen molar-refractivity contribution in [3.63, 3.8) is 0 Å². The van der Waals surface area contributed by atoms with Crippen LogP contribution in [0, 0.1) is 29.3 Å². The lowest BCUT2D eigenvalue weighted by Crippen LogP contribution is -2.42. The molecule has 2 aromatic rings. The van der Waals surface area contributed by atoms with Gasteiger partial charge >= 0.3 is 6.09 Å². The van der Waals surface area contributed by atoms with E-state index in [9.17, 15) is 31.2 Å². The van der Waals surface area contributed by atoms with Crippen molar-refractivity contribution in [2.75, 3.05) is 11.9 Å². The highest BCUT2D eigenvalue weighted by Gasteiger charge is 2.65. The number of benzene rings is 2. The molecular weight excluding hydrogens is 497 g/mol. The Hall–Kier alpha value is -2.79. The van der Waals surface area contributed by atoms with Crippen LogP contribution in [0.15, 0.2) is 35.2 Å². The first-order valence-corrected chi connectivity index (χ1v) is 12.4. The fraction of sp³-hybridized carbons (Fsp3) is 0.364. The molecule has 3 aliphatic rings. The van der Waals surface area contributed by atoms with E-state index in [-0.39, 0.29) is 33.6 Å². The van der Waals surface area contributed by atoms with Crippen molar-refractivity contribution in [2.45, 2.75) is 35.0 Å². The number of fused-ring (bicyclic) bond motifs is 3. The SMILES string of the molecule is O=C1NC[C@@]2(CC3CCC2[C@@H]3S(=O)(=O)c2cc(C(=O)Nc3cc(F)c(F)c(F)c3)ccc2Cl)O1. The molecule has 12 heteroatoms. The van der Waals surface area contributed by atoms with Gasteiger partial charge in [0.05, 0.1) is 21.7 Å². The molecule has 1 spiro atoms. The monoisotopic (exact) mass is 514 g/mol. The predicted octanol–water partition coefficient (Wildman–Crippen LogP) is 4.06. The van der Waals surface area contributed by atoms with Gasteiger partial charge in [-0.25, -0.2) is 26.4 Å². The molecule has 2 amide bonds. The maximum absolute atomic E-state index is 13.7. The lowest BCUT2D eigenvalue weighted by Gasteiger charge is -2.31. The van der Waals surface area contributed by atoms with Gasteiger partial charge in [-0.15, -0.1) is 0 Å². The zero-order valence-electron chi connectivity index (χ0n) is 17.4. The summed E-state index contributed by atoms with van der Waals surface area (Å²) < 4.78 is 73.0. The third kappa shape index (κ3) is 3.52. The number of carbonyl (C=O) groups excluding carboxylic acids is 2. The first-order chi connectivity index (χ1) is 16.0. The summed E-state index contributed by atoms with van der Waals surface area (Å²) in [4.78, 5) is 24.1. The molecular formula is C22H18ClF3N2O5S. The van der Waals surface area contributed by atoms with E-state index in [1.165, 1.54) is 12.1 Å². The maximum atomic E-state index is 13.7. The van der Waals surface area contributed by atoms with Crippen LogP contribution < -0.4 is 10.6 Å². The zero-order chi connectivity index (χ0) is 24.4. The van der Waals surface area contributed by atoms with E-state index in [2.05, 4.69) is 10.6 Å². The highest BCUT2D eigenvalue weighted by atomic mass is 35.5. The van der Waals surface area contributed by atoms with Gasteiger partial charge in [0.15, 0.2) is 27.3 Å². The molecule has 1 heterocycles. The van der Waals surface area contributed by atoms with E-state index in [0.29, 0.717) is 31.4 Å². The van der Waals surface area contributed by atoms with Crippen LogP contribution in [0.25, 0.3) is 0 Å². The third-order valence-electron chi connectivity index (χ3n) is 6.92. The Morgan fingerprint density at radius 1 is 1.15 bits per heavy atom. The highest BCUT2D eigenvalue weighted by Crippen LogP contribution is 2.57. The average molecular weight is 515 g/mol. The lowest BCUT2D eigenvalue weighted by atomic mass is 9.84. The van der Waals surface area contributed by atoms with Gasteiger partial charge in [0.1, 0.15) is 5.60 Å². The van der Waals surface area contributed by atoms with Gasteiger partial charge in [-0.3, -0.25) is 4.79 Å². The Balaban J connectivity index is 1.45. The van der Waals surface area contributed by atoms with Crippen molar-refractivity contribution in [2.24, 2.45) is 11.8 Å². The molecule has 1 saturated heterocycles. The van der Waals surface area contributed by atoms with Gasteiger partial charge in [0.2, 0.25) is 0 Å². The van der Waals surface area contributed by atoms with Crippen LogP contribution in [0.1, 0.15) is 29.6 Å². The van der Waals surface area contributed by atoms with Crippen molar-refractivity contribution in [1.29, 1.82) is 0 Å². The standard InChI is InChI=1S/C22H18ClF3N2O5S/c23-14-4-2-10(20(29)28-12-6-15(24)18(26)16(25)7-12)5-17(14)34(31,32)19-11-1-3-13(19)22(8-11)9-27-21(30)33-22/h2,4-7,11,13,19H,1,3,8-9H2,(H,27,30)(H,28,29)/t11?,13?,19-,22-/m1/s1. The van der Waals surface area contributed by atoms with E-state index in [0.717, 1.165) is 6.07 Å². The summed E-state index contributed by atoms with van der Waals surface area (Å²) in [5, 5.41) is 3.90. The molecule has 3 fully saturated rings. The number of sulfone groups is 1. The molecule has 2 N–H and O–H groups in total. The smallest absolute Gasteiger partial charge is 0.407 e. The molecule has 1 aliphatic heterocycles. The molecule has 180 valence electrons. The molecule has 34 heavy (non-hydrogen) atoms. The fourth-order valence-corrected chi connectivity index (χ4v) is 8.46. The fourth-order valence-electron chi connectivity index (χ4n) is 5.54. The van der Waals surface area contributed by atoms with Crippen molar-refractivity contribution in [1.82, 2.24) is 5.32 Å². The molecule has 0 radical (unpaired) electrons. The zero-order valence-corrected chi connectivity index (χ0v) is 19.0. The van der Waals surface area contributed by atoms with Gasteiger partial charge in [-0.2, -0.15) is 0 Å². The summed E-state index contributed by atoms with van der Waals surface area (Å²) >= 11 is 6.22. The minimum absolute atomic E-state index is 0.0858. The quantitative estimate of drug-likeness (QED) is 0.599. The molecule has 2 saturated carbocycles. The summed E-state index contributed by atoms with van der Waals surface area (Å²) in [7, 11) is -4.03. The molecule has 5 rings (SSSR count). The Bertz CT molecular complexity index is 1310. The largest absolute Gasteiger partial charge is 0.441 e. The van der Waals surface area contributed by atoms with Crippen LogP contribution >= 0.6 is 11.6 Å². The van der Waals surface area contributed by atoms with Crippen LogP contribution in [0.2, 0.25) is 5.02 Å². The van der Waals surface area contributed by atoms with Crippen LogP contribution in [0.4, 0.5) is 23.7 Å². The second kappa shape index (κ2) is 7.88. The number of halogens is 4. The third-order valence-corrected chi connectivity index (χ3v) is 9.74. The first-order valence-electron chi connectivity index (χ1n) is 10.5. The van der Waals surface area contributed by atoms with Gasteiger partial charge in [-0.05, 0) is 43.4 Å². The number of carbonyl (C=O) groups is 2. The summed E-state index contributed by atoms with van der Waals surface area (Å²) in [5.74, 6) is -6.16. The summed E-state index contributed by atoms with van der Waals surface area (Å²) in [6, 6.07) is 4.83. The van der Waals surface area contributed by atoms with Gasteiger partial charge in [-0.1, -0.05) is 11.6 Å². The van der Waals surface area contributed by atoms with Crippen molar-refractivity contribution < 1.29 is 35.9 Å². The first kappa shape index (κ1) is 23.0. The van der Waals surface area contributed by atoms with Crippen LogP contribution in [-0.4, -0.2) is 37.8 Å². The van der Waals surface area contributed by atoms with Gasteiger partial charge in [0, 0.05) is 29.3 Å². The Morgan fingerprint density at radius 3 is 2.50 bits per heavy atom. The summed E-state index contributed by atoms with van der Waals surface area (Å²) in [6.07, 6.45) is 1.07. The van der Waals surface area contributed by atoms with Crippen molar-refractivity contribution >= 4 is 39.1 Å². The number of anilines is 1. The minimum Gasteiger partial charge on any atom is -0.441 e. The number of hydrogen-bond donors (Lipinski definition) is 2. The number of nitrogens with one attached hydrogen (secondary N) is 2. The Morgan fingerprint density at radius 2 is 1.85 bits per heavy atom. The molecule has 2 unspecified atom stereocenters. The average Bonchev–Trinajstić information content (AvgIpc) is 3.45. The molecule has 0 aromatic heterocycles. The van der Waals surface area contributed by atoms with E-state index >= 15 is 0 Å². The molecule has 2 aromatic carbocycles. The minimum atomic E-state index is -4.03. The van der Waals surface area contributed by atoms with E-state index in [4.69, 9.17) is 16.3 Å². The Labute approximate surface area is 197 Å². The van der Waals surface area contributed by atoms with Gasteiger partial charge < -0.3 is 15.4 Å². The van der Waals surface area contributed by atoms with Crippen molar-refractivity contribution in [3.05, 3.63) is 58.4 Å². The van der Waals surface area contributed by atoms with E-state index < -0.39 is 56.1 Å². The molecule has 7 nitrogen and oxygen atoms in total. The molecule has 2 aliphatic carbocycles. The van der Waals surface area contributed by atoms with Crippen LogP contribution in [0.3, 0.4) is 0 Å². The normalized spacial score (nSPS) is 27.6. The summed E-state index contributed by atoms with van der Waals surface area (Å²) in [5.41, 5.74) is -1.34. The number of ether oxygens (including phenoxy) is 1. The summed E-state index contributed by atoms with van der Waals surface area (Å²) in [6.45, 7) is 0.236. The lowest BCUT2D eigenvalue weighted by molar-refractivity contribution is 0.0114.